The fourth-order valence-corrected chi connectivity index (χ4v) is 4.16. The van der Waals surface area contributed by atoms with Crippen LogP contribution in [0.5, 0.6) is 0 Å². The molecule has 0 radical (unpaired) electrons. The number of carbonyl (C=O) groups is 1. The van der Waals surface area contributed by atoms with Crippen LogP contribution in [-0.4, -0.2) is 40.6 Å². The van der Waals surface area contributed by atoms with E-state index in [1.807, 2.05) is 0 Å². The summed E-state index contributed by atoms with van der Waals surface area (Å²) in [6, 6.07) is 0. The molecule has 2 aromatic heterocycles. The molecule has 1 aliphatic rings. The minimum absolute atomic E-state index is 0.0132. The molecule has 2 aromatic rings. The van der Waals surface area contributed by atoms with E-state index in [2.05, 4.69) is 18.8 Å². The summed E-state index contributed by atoms with van der Waals surface area (Å²) in [5.41, 5.74) is 1.11. The van der Waals surface area contributed by atoms with Crippen LogP contribution in [-0.2, 0) is 29.0 Å². The number of thiophene rings is 1. The van der Waals surface area contributed by atoms with E-state index in [4.69, 9.17) is 4.74 Å². The molecule has 0 aromatic carbocycles. The normalized spacial score (nSPS) is 14.5. The van der Waals surface area contributed by atoms with Gasteiger partial charge in [0.25, 0.3) is 5.56 Å². The van der Waals surface area contributed by atoms with Crippen molar-refractivity contribution < 1.29 is 9.53 Å². The first-order chi connectivity index (χ1) is 11.0. The number of carbonyl (C=O) groups excluding carboxylic acids is 1. The van der Waals surface area contributed by atoms with Gasteiger partial charge in [0.1, 0.15) is 11.4 Å². The Morgan fingerprint density at radius 1 is 1.48 bits per heavy atom. The summed E-state index contributed by atoms with van der Waals surface area (Å²) in [6.45, 7) is 6.10. The number of methoxy groups -OCH3 is 1. The van der Waals surface area contributed by atoms with Gasteiger partial charge in [-0.3, -0.25) is 14.2 Å². The second kappa shape index (κ2) is 6.41. The molecule has 124 valence electrons. The lowest BCUT2D eigenvalue weighted by atomic mass is 10.1. The number of hydrogen-bond donors (Lipinski definition) is 0. The fourth-order valence-electron chi connectivity index (χ4n) is 2.97. The summed E-state index contributed by atoms with van der Waals surface area (Å²) in [7, 11) is 1.52. The van der Waals surface area contributed by atoms with Crippen LogP contribution in [0.4, 0.5) is 0 Å². The van der Waals surface area contributed by atoms with Crippen LogP contribution in [0.3, 0.4) is 0 Å². The monoisotopic (exact) mass is 335 g/mol. The summed E-state index contributed by atoms with van der Waals surface area (Å²) in [5.74, 6) is 0.379. The number of aromatic nitrogens is 2. The summed E-state index contributed by atoms with van der Waals surface area (Å²) >= 11 is 1.52. The van der Waals surface area contributed by atoms with Gasteiger partial charge in [-0.15, -0.1) is 11.3 Å². The molecule has 0 atom stereocenters. The zero-order valence-corrected chi connectivity index (χ0v) is 14.5. The van der Waals surface area contributed by atoms with Crippen molar-refractivity contribution in [2.75, 3.05) is 20.3 Å². The van der Waals surface area contributed by atoms with Crippen LogP contribution in [0.25, 0.3) is 10.2 Å². The van der Waals surface area contributed by atoms with Crippen molar-refractivity contribution in [2.24, 2.45) is 5.92 Å². The molecule has 0 bridgehead atoms. The van der Waals surface area contributed by atoms with Gasteiger partial charge in [0.2, 0.25) is 5.91 Å². The standard InChI is InChI=1S/C16H21N3O3S/c1-10(2)6-19-9-17-15-14(16(19)21)11-4-5-18(7-12(11)23-15)13(20)8-22-3/h9-10H,4-8H2,1-3H3. The predicted molar refractivity (Wildman–Crippen MR) is 89.7 cm³/mol. The maximum atomic E-state index is 12.7. The third kappa shape index (κ3) is 3.03. The Labute approximate surface area is 138 Å². The Kier molecular flexibility index (Phi) is 4.50. The van der Waals surface area contributed by atoms with E-state index >= 15 is 0 Å². The summed E-state index contributed by atoms with van der Waals surface area (Å²) in [4.78, 5) is 32.8. The van der Waals surface area contributed by atoms with Gasteiger partial charge >= 0.3 is 0 Å². The van der Waals surface area contributed by atoms with Crippen molar-refractivity contribution in [3.8, 4) is 0 Å². The second-order valence-electron chi connectivity index (χ2n) is 6.28. The Morgan fingerprint density at radius 2 is 2.26 bits per heavy atom. The molecule has 0 saturated heterocycles. The van der Waals surface area contributed by atoms with Gasteiger partial charge in [-0.2, -0.15) is 0 Å². The first kappa shape index (κ1) is 16.1. The molecule has 1 amide bonds. The number of hydrogen-bond acceptors (Lipinski definition) is 5. The number of amides is 1. The third-order valence-corrected chi connectivity index (χ3v) is 5.13. The van der Waals surface area contributed by atoms with Crippen LogP contribution in [0.1, 0.15) is 24.3 Å². The minimum Gasteiger partial charge on any atom is -0.375 e. The molecule has 23 heavy (non-hydrogen) atoms. The van der Waals surface area contributed by atoms with Crippen molar-refractivity contribution in [3.63, 3.8) is 0 Å². The maximum absolute atomic E-state index is 12.7. The van der Waals surface area contributed by atoms with Crippen molar-refractivity contribution in [1.82, 2.24) is 14.5 Å². The smallest absolute Gasteiger partial charge is 0.262 e. The first-order valence-corrected chi connectivity index (χ1v) is 8.59. The molecule has 0 spiro atoms. The van der Waals surface area contributed by atoms with Gasteiger partial charge in [0.05, 0.1) is 18.3 Å². The van der Waals surface area contributed by atoms with Crippen LogP contribution >= 0.6 is 11.3 Å². The van der Waals surface area contributed by atoms with Crippen LogP contribution in [0, 0.1) is 5.92 Å². The molecule has 3 rings (SSSR count). The molecular formula is C16H21N3O3S. The molecule has 0 unspecified atom stereocenters. The van der Waals surface area contributed by atoms with Crippen LogP contribution < -0.4 is 5.56 Å². The molecule has 3 heterocycles. The zero-order chi connectivity index (χ0) is 16.6. The largest absolute Gasteiger partial charge is 0.375 e. The molecule has 1 aliphatic heterocycles. The quantitative estimate of drug-likeness (QED) is 0.852. The highest BCUT2D eigenvalue weighted by Crippen LogP contribution is 2.32. The summed E-state index contributed by atoms with van der Waals surface area (Å²) in [6.07, 6.45) is 2.34. The van der Waals surface area contributed by atoms with Crippen molar-refractivity contribution in [2.45, 2.75) is 33.4 Å². The Hall–Kier alpha value is -1.73. The third-order valence-electron chi connectivity index (χ3n) is 4.01. The van der Waals surface area contributed by atoms with Gasteiger partial charge in [-0.25, -0.2) is 4.98 Å². The lowest BCUT2D eigenvalue weighted by Crippen LogP contribution is -2.37. The SMILES string of the molecule is COCC(=O)N1CCc2c(sc3ncn(CC(C)C)c(=O)c23)C1. The van der Waals surface area contributed by atoms with Gasteiger partial charge in [-0.1, -0.05) is 13.8 Å². The number of rotatable bonds is 4. The average Bonchev–Trinajstić information content (AvgIpc) is 2.88. The van der Waals surface area contributed by atoms with E-state index in [-0.39, 0.29) is 18.1 Å². The molecular weight excluding hydrogens is 314 g/mol. The molecule has 0 aliphatic carbocycles. The zero-order valence-electron chi connectivity index (χ0n) is 13.7. The molecule has 0 N–H and O–H groups in total. The fraction of sp³-hybridized carbons (Fsp3) is 0.562. The van der Waals surface area contributed by atoms with Gasteiger partial charge in [0.15, 0.2) is 0 Å². The molecule has 7 heteroatoms. The van der Waals surface area contributed by atoms with Crippen molar-refractivity contribution >= 4 is 27.5 Å². The maximum Gasteiger partial charge on any atom is 0.262 e. The predicted octanol–water partition coefficient (Wildman–Crippen LogP) is 1.65. The van der Waals surface area contributed by atoms with Crippen molar-refractivity contribution in [1.29, 1.82) is 0 Å². The number of nitrogens with zero attached hydrogens (tertiary/aromatic N) is 3. The number of ether oxygens (including phenoxy) is 1. The van der Waals surface area contributed by atoms with E-state index in [0.29, 0.717) is 32.0 Å². The Morgan fingerprint density at radius 3 is 2.96 bits per heavy atom. The highest BCUT2D eigenvalue weighted by Gasteiger charge is 2.26. The average molecular weight is 335 g/mol. The molecule has 0 saturated carbocycles. The minimum atomic E-state index is -0.0132. The first-order valence-electron chi connectivity index (χ1n) is 7.77. The van der Waals surface area contributed by atoms with Crippen LogP contribution in [0.15, 0.2) is 11.1 Å². The van der Waals surface area contributed by atoms with E-state index in [1.165, 1.54) is 18.4 Å². The second-order valence-corrected chi connectivity index (χ2v) is 7.36. The Bertz CT molecular complexity index is 794. The lowest BCUT2D eigenvalue weighted by molar-refractivity contribution is -0.136. The Balaban J connectivity index is 1.98. The van der Waals surface area contributed by atoms with Crippen LogP contribution in [0.2, 0.25) is 0 Å². The topological polar surface area (TPSA) is 64.4 Å². The lowest BCUT2D eigenvalue weighted by Gasteiger charge is -2.26. The summed E-state index contributed by atoms with van der Waals surface area (Å²) < 4.78 is 6.62. The van der Waals surface area contributed by atoms with Crippen molar-refractivity contribution in [3.05, 3.63) is 27.1 Å². The van der Waals surface area contributed by atoms with Gasteiger partial charge in [0, 0.05) is 25.1 Å². The van der Waals surface area contributed by atoms with E-state index in [1.54, 1.807) is 15.8 Å². The van der Waals surface area contributed by atoms with E-state index < -0.39 is 0 Å². The van der Waals surface area contributed by atoms with E-state index in [0.717, 1.165) is 20.7 Å². The molecule has 6 nitrogen and oxygen atoms in total. The van der Waals surface area contributed by atoms with E-state index in [9.17, 15) is 9.59 Å². The number of fused-ring (bicyclic) bond motifs is 3. The summed E-state index contributed by atoms with van der Waals surface area (Å²) in [5, 5.41) is 0.743. The van der Waals surface area contributed by atoms with Gasteiger partial charge < -0.3 is 9.64 Å². The highest BCUT2D eigenvalue weighted by atomic mass is 32.1. The highest BCUT2D eigenvalue weighted by molar-refractivity contribution is 7.18. The molecule has 0 fully saturated rings. The van der Waals surface area contributed by atoms with Gasteiger partial charge in [-0.05, 0) is 17.9 Å².